The number of nitrogens with zero attached hydrogens (tertiary/aromatic N) is 4. The number of amides is 1. The van der Waals surface area contributed by atoms with Gasteiger partial charge in [0.1, 0.15) is 11.9 Å². The molecule has 3 heterocycles. The minimum Gasteiger partial charge on any atom is -0.460 e. The van der Waals surface area contributed by atoms with Gasteiger partial charge in [0.25, 0.3) is 0 Å². The summed E-state index contributed by atoms with van der Waals surface area (Å²) >= 11 is 0. The summed E-state index contributed by atoms with van der Waals surface area (Å²) in [7, 11) is 0. The van der Waals surface area contributed by atoms with Gasteiger partial charge in [-0.3, -0.25) is 9.78 Å². The fourth-order valence-electron chi connectivity index (χ4n) is 3.33. The van der Waals surface area contributed by atoms with E-state index in [2.05, 4.69) is 15.0 Å². The van der Waals surface area contributed by atoms with Crippen molar-refractivity contribution >= 4 is 5.91 Å². The molecule has 1 aromatic carbocycles. The molecule has 1 fully saturated rings. The quantitative estimate of drug-likeness (QED) is 0.667. The molecule has 0 atom stereocenters. The van der Waals surface area contributed by atoms with Gasteiger partial charge in [-0.2, -0.15) is 0 Å². The number of rotatable bonds is 5. The van der Waals surface area contributed by atoms with Crippen molar-refractivity contribution in [3.63, 3.8) is 0 Å². The number of hydrogen-bond acceptors (Lipinski definition) is 5. The van der Waals surface area contributed by atoms with Crippen LogP contribution in [0, 0.1) is 5.82 Å². The van der Waals surface area contributed by atoms with Crippen molar-refractivity contribution in [2.24, 2.45) is 0 Å². The number of hydrogen-bond donors (Lipinski definition) is 0. The van der Waals surface area contributed by atoms with Crippen LogP contribution in [0.2, 0.25) is 0 Å². The summed E-state index contributed by atoms with van der Waals surface area (Å²) in [6.45, 7) is 1.25. The molecule has 0 radical (unpaired) electrons. The van der Waals surface area contributed by atoms with Crippen LogP contribution in [0.4, 0.5) is 4.39 Å². The van der Waals surface area contributed by atoms with Gasteiger partial charge >= 0.3 is 6.01 Å². The molecule has 6 nitrogen and oxygen atoms in total. The van der Waals surface area contributed by atoms with Crippen LogP contribution in [0.25, 0.3) is 11.1 Å². The molecule has 0 N–H and O–H groups in total. The molecule has 148 valence electrons. The first-order valence-electron chi connectivity index (χ1n) is 9.59. The summed E-state index contributed by atoms with van der Waals surface area (Å²) in [5, 5.41) is 0. The largest absolute Gasteiger partial charge is 0.460 e. The van der Waals surface area contributed by atoms with E-state index in [0.29, 0.717) is 19.1 Å². The van der Waals surface area contributed by atoms with Crippen molar-refractivity contribution in [2.45, 2.75) is 25.4 Å². The molecule has 4 rings (SSSR count). The first kappa shape index (κ1) is 19.0. The van der Waals surface area contributed by atoms with Crippen molar-refractivity contribution in [3.05, 3.63) is 72.6 Å². The van der Waals surface area contributed by atoms with E-state index in [-0.39, 0.29) is 24.2 Å². The van der Waals surface area contributed by atoms with Gasteiger partial charge in [-0.05, 0) is 35.4 Å². The Labute approximate surface area is 168 Å². The Balaban J connectivity index is 1.27. The van der Waals surface area contributed by atoms with Crippen LogP contribution >= 0.6 is 0 Å². The number of likely N-dealkylation sites (tertiary alicyclic amines) is 1. The molecule has 1 saturated heterocycles. The lowest BCUT2D eigenvalue weighted by atomic mass is 10.1. The third kappa shape index (κ3) is 4.93. The third-order valence-electron chi connectivity index (χ3n) is 4.98. The number of carbonyl (C=O) groups excluding carboxylic acids is 1. The average molecular weight is 392 g/mol. The normalized spacial score (nSPS) is 14.6. The standard InChI is InChI=1S/C22H21FN4O2/c23-19-3-1-16(2-4-19)13-21(28)27-11-7-20(8-12-27)29-22-25-14-18(15-26-22)17-5-9-24-10-6-17/h1-6,9-10,14-15,20H,7-8,11-13H2. The summed E-state index contributed by atoms with van der Waals surface area (Å²) in [6, 6.07) is 10.2. The van der Waals surface area contributed by atoms with Crippen LogP contribution in [0.1, 0.15) is 18.4 Å². The van der Waals surface area contributed by atoms with Crippen LogP contribution in [0.15, 0.2) is 61.2 Å². The highest BCUT2D eigenvalue weighted by Crippen LogP contribution is 2.20. The number of aromatic nitrogens is 3. The highest BCUT2D eigenvalue weighted by atomic mass is 19.1. The van der Waals surface area contributed by atoms with Crippen molar-refractivity contribution in [1.82, 2.24) is 19.9 Å². The molecule has 1 aliphatic rings. The monoisotopic (exact) mass is 392 g/mol. The highest BCUT2D eigenvalue weighted by Gasteiger charge is 2.24. The Morgan fingerprint density at radius 1 is 1.00 bits per heavy atom. The van der Waals surface area contributed by atoms with E-state index >= 15 is 0 Å². The van der Waals surface area contributed by atoms with E-state index in [0.717, 1.165) is 29.5 Å². The van der Waals surface area contributed by atoms with Crippen LogP contribution in [-0.4, -0.2) is 45.0 Å². The van der Waals surface area contributed by atoms with E-state index in [4.69, 9.17) is 4.74 Å². The molecule has 0 unspecified atom stereocenters. The van der Waals surface area contributed by atoms with E-state index in [1.165, 1.54) is 12.1 Å². The lowest BCUT2D eigenvalue weighted by Gasteiger charge is -2.31. The predicted molar refractivity (Wildman–Crippen MR) is 106 cm³/mol. The molecule has 0 aliphatic carbocycles. The molecule has 1 aliphatic heterocycles. The number of carbonyl (C=O) groups is 1. The summed E-state index contributed by atoms with van der Waals surface area (Å²) < 4.78 is 18.9. The maximum atomic E-state index is 13.0. The van der Waals surface area contributed by atoms with Gasteiger partial charge in [0.05, 0.1) is 6.42 Å². The van der Waals surface area contributed by atoms with Crippen molar-refractivity contribution in [1.29, 1.82) is 0 Å². The molecule has 2 aromatic heterocycles. The molecule has 0 spiro atoms. The number of piperidine rings is 1. The molecule has 0 bridgehead atoms. The average Bonchev–Trinajstić information content (AvgIpc) is 2.77. The lowest BCUT2D eigenvalue weighted by molar-refractivity contribution is -0.132. The first-order chi connectivity index (χ1) is 14.2. The molecule has 29 heavy (non-hydrogen) atoms. The highest BCUT2D eigenvalue weighted by molar-refractivity contribution is 5.78. The second-order valence-corrected chi connectivity index (χ2v) is 6.99. The Kier molecular flexibility index (Phi) is 5.74. The maximum absolute atomic E-state index is 13.0. The molecule has 1 amide bonds. The molecular formula is C22H21FN4O2. The van der Waals surface area contributed by atoms with Crippen molar-refractivity contribution < 1.29 is 13.9 Å². The van der Waals surface area contributed by atoms with Crippen molar-refractivity contribution in [3.8, 4) is 17.1 Å². The third-order valence-corrected chi connectivity index (χ3v) is 4.98. The minimum absolute atomic E-state index is 0.0170. The zero-order chi connectivity index (χ0) is 20.1. The van der Waals surface area contributed by atoms with E-state index < -0.39 is 0 Å². The van der Waals surface area contributed by atoms with Gasteiger partial charge in [-0.25, -0.2) is 14.4 Å². The summed E-state index contributed by atoms with van der Waals surface area (Å²) in [5.74, 6) is -0.247. The fraction of sp³-hybridized carbons (Fsp3) is 0.273. The Hall–Kier alpha value is -3.35. The number of ether oxygens (including phenoxy) is 1. The Bertz CT molecular complexity index is 941. The van der Waals surface area contributed by atoms with E-state index in [1.54, 1.807) is 36.9 Å². The van der Waals surface area contributed by atoms with Crippen LogP contribution in [0.5, 0.6) is 6.01 Å². The van der Waals surface area contributed by atoms with Crippen LogP contribution in [0.3, 0.4) is 0 Å². The van der Waals surface area contributed by atoms with Gasteiger partial charge in [-0.15, -0.1) is 0 Å². The van der Waals surface area contributed by atoms with Crippen LogP contribution in [-0.2, 0) is 11.2 Å². The zero-order valence-electron chi connectivity index (χ0n) is 15.9. The Morgan fingerprint density at radius 2 is 1.66 bits per heavy atom. The van der Waals surface area contributed by atoms with Crippen LogP contribution < -0.4 is 4.74 Å². The first-order valence-corrected chi connectivity index (χ1v) is 9.59. The summed E-state index contributed by atoms with van der Waals surface area (Å²) in [6.07, 6.45) is 8.64. The summed E-state index contributed by atoms with van der Waals surface area (Å²) in [5.41, 5.74) is 2.72. The zero-order valence-corrected chi connectivity index (χ0v) is 15.9. The number of halogens is 1. The molecule has 0 saturated carbocycles. The number of pyridine rings is 1. The minimum atomic E-state index is -0.296. The molecular weight excluding hydrogens is 371 g/mol. The molecule has 3 aromatic rings. The predicted octanol–water partition coefficient (Wildman–Crippen LogP) is 3.29. The smallest absolute Gasteiger partial charge is 0.316 e. The fourth-order valence-corrected chi connectivity index (χ4v) is 3.33. The van der Waals surface area contributed by atoms with Gasteiger partial charge < -0.3 is 9.64 Å². The molecule has 7 heteroatoms. The van der Waals surface area contributed by atoms with E-state index in [9.17, 15) is 9.18 Å². The maximum Gasteiger partial charge on any atom is 0.316 e. The van der Waals surface area contributed by atoms with Gasteiger partial charge in [0, 0.05) is 56.3 Å². The second-order valence-electron chi connectivity index (χ2n) is 6.99. The van der Waals surface area contributed by atoms with Gasteiger partial charge in [-0.1, -0.05) is 12.1 Å². The summed E-state index contributed by atoms with van der Waals surface area (Å²) in [4.78, 5) is 26.9. The number of benzene rings is 1. The van der Waals surface area contributed by atoms with E-state index in [1.807, 2.05) is 17.0 Å². The van der Waals surface area contributed by atoms with Gasteiger partial charge in [0.15, 0.2) is 0 Å². The van der Waals surface area contributed by atoms with Crippen molar-refractivity contribution in [2.75, 3.05) is 13.1 Å². The SMILES string of the molecule is O=C(Cc1ccc(F)cc1)N1CCC(Oc2ncc(-c3ccncc3)cn2)CC1. The van der Waals surface area contributed by atoms with Gasteiger partial charge in [0.2, 0.25) is 5.91 Å². The lowest BCUT2D eigenvalue weighted by Crippen LogP contribution is -2.42. The second kappa shape index (κ2) is 8.77. The Morgan fingerprint density at radius 3 is 2.31 bits per heavy atom. The topological polar surface area (TPSA) is 68.2 Å².